The van der Waals surface area contributed by atoms with E-state index >= 15 is 0 Å². The molecule has 4 N–H and O–H groups in total. The third-order valence-electron chi connectivity index (χ3n) is 5.77. The molecule has 0 unspecified atom stereocenters. The van der Waals surface area contributed by atoms with Gasteiger partial charge in [-0.3, -0.25) is 9.97 Å². The van der Waals surface area contributed by atoms with E-state index in [0.717, 1.165) is 30.7 Å². The van der Waals surface area contributed by atoms with Crippen LogP contribution in [-0.2, 0) is 13.1 Å². The Balaban J connectivity index is 1.48. The lowest BCUT2D eigenvalue weighted by Crippen LogP contribution is -2.52. The van der Waals surface area contributed by atoms with E-state index in [0.29, 0.717) is 19.6 Å². The van der Waals surface area contributed by atoms with Gasteiger partial charge in [0.2, 0.25) is 0 Å². The number of amides is 4. The minimum Gasteiger partial charge on any atom is -0.338 e. The molecule has 3 rings (SSSR count). The zero-order chi connectivity index (χ0) is 23.0. The fourth-order valence-electron chi connectivity index (χ4n) is 4.81. The summed E-state index contributed by atoms with van der Waals surface area (Å²) < 4.78 is 0. The SMILES string of the molecule is CC1(C)C[C@H](NC(=O)NCc2ccccn2)C[C@](C)(CNC(=O)NCc2ccccn2)C1. The van der Waals surface area contributed by atoms with Crippen LogP contribution >= 0.6 is 0 Å². The molecule has 0 aliphatic heterocycles. The molecular weight excluding hydrogens is 404 g/mol. The summed E-state index contributed by atoms with van der Waals surface area (Å²) >= 11 is 0. The monoisotopic (exact) mass is 438 g/mol. The zero-order valence-electron chi connectivity index (χ0n) is 19.1. The lowest BCUT2D eigenvalue weighted by atomic mass is 9.62. The first kappa shape index (κ1) is 23.5. The number of carbonyl (C=O) groups excluding carboxylic acids is 2. The summed E-state index contributed by atoms with van der Waals surface area (Å²) in [5.74, 6) is 0. The van der Waals surface area contributed by atoms with Crippen LogP contribution in [0, 0.1) is 10.8 Å². The van der Waals surface area contributed by atoms with Crippen molar-refractivity contribution in [2.24, 2.45) is 10.8 Å². The number of aromatic nitrogens is 2. The summed E-state index contributed by atoms with van der Waals surface area (Å²) in [6.45, 7) is 7.91. The van der Waals surface area contributed by atoms with Crippen molar-refractivity contribution in [3.05, 3.63) is 60.2 Å². The van der Waals surface area contributed by atoms with Gasteiger partial charge in [0, 0.05) is 25.0 Å². The van der Waals surface area contributed by atoms with Crippen LogP contribution in [0.4, 0.5) is 9.59 Å². The average molecular weight is 439 g/mol. The molecule has 2 atom stereocenters. The van der Waals surface area contributed by atoms with E-state index in [9.17, 15) is 9.59 Å². The first-order valence-corrected chi connectivity index (χ1v) is 11.1. The molecule has 4 amide bonds. The van der Waals surface area contributed by atoms with Gasteiger partial charge in [-0.2, -0.15) is 0 Å². The van der Waals surface area contributed by atoms with Crippen LogP contribution in [-0.4, -0.2) is 34.6 Å². The van der Waals surface area contributed by atoms with E-state index in [2.05, 4.69) is 52.0 Å². The number of nitrogens with one attached hydrogen (secondary N) is 4. The summed E-state index contributed by atoms with van der Waals surface area (Å²) in [5, 5.41) is 11.9. The van der Waals surface area contributed by atoms with E-state index in [4.69, 9.17) is 0 Å². The van der Waals surface area contributed by atoms with E-state index in [1.165, 1.54) is 0 Å². The molecule has 1 saturated carbocycles. The van der Waals surface area contributed by atoms with Crippen molar-refractivity contribution in [2.75, 3.05) is 6.54 Å². The Labute approximate surface area is 190 Å². The third kappa shape index (κ3) is 7.51. The van der Waals surface area contributed by atoms with Crippen LogP contribution in [0.2, 0.25) is 0 Å². The van der Waals surface area contributed by atoms with Crippen LogP contribution in [0.3, 0.4) is 0 Å². The molecule has 8 heteroatoms. The van der Waals surface area contributed by atoms with Crippen molar-refractivity contribution >= 4 is 12.1 Å². The molecule has 0 bridgehead atoms. The molecule has 1 aliphatic rings. The second-order valence-corrected chi connectivity index (χ2v) is 9.76. The van der Waals surface area contributed by atoms with Gasteiger partial charge in [-0.05, 0) is 54.4 Å². The van der Waals surface area contributed by atoms with Gasteiger partial charge in [-0.1, -0.05) is 32.9 Å². The highest BCUT2D eigenvalue weighted by atomic mass is 16.2. The predicted molar refractivity (Wildman–Crippen MR) is 124 cm³/mol. The second-order valence-electron chi connectivity index (χ2n) is 9.76. The molecule has 2 aromatic heterocycles. The molecule has 172 valence electrons. The van der Waals surface area contributed by atoms with Gasteiger partial charge < -0.3 is 21.3 Å². The fourth-order valence-corrected chi connectivity index (χ4v) is 4.81. The summed E-state index contributed by atoms with van der Waals surface area (Å²) in [6, 6.07) is 10.9. The zero-order valence-corrected chi connectivity index (χ0v) is 19.1. The van der Waals surface area contributed by atoms with Crippen molar-refractivity contribution in [1.82, 2.24) is 31.2 Å². The summed E-state index contributed by atoms with van der Waals surface area (Å²) in [5.41, 5.74) is 1.56. The normalized spacial score (nSPS) is 21.9. The van der Waals surface area contributed by atoms with Crippen LogP contribution in [0.15, 0.2) is 48.8 Å². The van der Waals surface area contributed by atoms with Crippen LogP contribution < -0.4 is 21.3 Å². The molecule has 0 spiro atoms. The Morgan fingerprint density at radius 2 is 1.47 bits per heavy atom. The van der Waals surface area contributed by atoms with E-state index in [-0.39, 0.29) is 28.9 Å². The Morgan fingerprint density at radius 1 is 0.875 bits per heavy atom. The van der Waals surface area contributed by atoms with Crippen molar-refractivity contribution in [1.29, 1.82) is 0 Å². The largest absolute Gasteiger partial charge is 0.338 e. The number of pyridine rings is 2. The van der Waals surface area contributed by atoms with Gasteiger partial charge in [-0.25, -0.2) is 9.59 Å². The van der Waals surface area contributed by atoms with Gasteiger partial charge in [0.25, 0.3) is 0 Å². The first-order valence-electron chi connectivity index (χ1n) is 11.1. The second kappa shape index (κ2) is 10.4. The summed E-state index contributed by atoms with van der Waals surface area (Å²) in [7, 11) is 0. The van der Waals surface area contributed by atoms with Gasteiger partial charge in [0.05, 0.1) is 24.5 Å². The quantitative estimate of drug-likeness (QED) is 0.532. The average Bonchev–Trinajstić information content (AvgIpc) is 2.75. The summed E-state index contributed by atoms with van der Waals surface area (Å²) in [4.78, 5) is 33.2. The highest BCUT2D eigenvalue weighted by Crippen LogP contribution is 2.45. The molecule has 1 aliphatic carbocycles. The molecule has 2 aromatic rings. The van der Waals surface area contributed by atoms with Crippen molar-refractivity contribution < 1.29 is 9.59 Å². The van der Waals surface area contributed by atoms with E-state index < -0.39 is 0 Å². The van der Waals surface area contributed by atoms with Gasteiger partial charge in [-0.15, -0.1) is 0 Å². The Bertz CT molecular complexity index is 890. The standard InChI is InChI=1S/C24H34N6O2/c1-23(2)12-20(30-22(32)28-15-19-9-5-7-11-26-19)13-24(3,16-23)17-29-21(31)27-14-18-8-4-6-10-25-18/h4-11,20H,12-17H2,1-3H3,(H2,27,29,31)(H2,28,30,32)/t20-,24-/m0/s1. The molecule has 1 fully saturated rings. The van der Waals surface area contributed by atoms with Gasteiger partial charge in [0.15, 0.2) is 0 Å². The Kier molecular flexibility index (Phi) is 7.66. The fraction of sp³-hybridized carbons (Fsp3) is 0.500. The highest BCUT2D eigenvalue weighted by molar-refractivity contribution is 5.74. The Hall–Kier alpha value is -3.16. The first-order chi connectivity index (χ1) is 15.2. The smallest absolute Gasteiger partial charge is 0.315 e. The van der Waals surface area contributed by atoms with Crippen LogP contribution in [0.25, 0.3) is 0 Å². The number of hydrogen-bond donors (Lipinski definition) is 4. The maximum atomic E-state index is 12.5. The van der Waals surface area contributed by atoms with Gasteiger partial charge in [0.1, 0.15) is 0 Å². The van der Waals surface area contributed by atoms with Crippen molar-refractivity contribution in [2.45, 2.75) is 59.2 Å². The molecule has 8 nitrogen and oxygen atoms in total. The van der Waals surface area contributed by atoms with Crippen molar-refractivity contribution in [3.8, 4) is 0 Å². The van der Waals surface area contributed by atoms with E-state index in [1.54, 1.807) is 12.4 Å². The minimum atomic E-state index is -0.210. The lowest BCUT2D eigenvalue weighted by Gasteiger charge is -2.46. The summed E-state index contributed by atoms with van der Waals surface area (Å²) in [6.07, 6.45) is 6.08. The molecular formula is C24H34N6O2. The number of nitrogens with zero attached hydrogens (tertiary/aromatic N) is 2. The molecule has 2 heterocycles. The predicted octanol–water partition coefficient (Wildman–Crippen LogP) is 3.36. The molecule has 0 radical (unpaired) electrons. The number of urea groups is 2. The Morgan fingerprint density at radius 3 is 2.03 bits per heavy atom. The maximum Gasteiger partial charge on any atom is 0.315 e. The maximum absolute atomic E-state index is 12.5. The van der Waals surface area contributed by atoms with Crippen LogP contribution in [0.1, 0.15) is 51.4 Å². The van der Waals surface area contributed by atoms with Crippen molar-refractivity contribution in [3.63, 3.8) is 0 Å². The van der Waals surface area contributed by atoms with Gasteiger partial charge >= 0.3 is 12.1 Å². The highest BCUT2D eigenvalue weighted by Gasteiger charge is 2.41. The number of rotatable bonds is 7. The van der Waals surface area contributed by atoms with E-state index in [1.807, 2.05) is 36.4 Å². The lowest BCUT2D eigenvalue weighted by molar-refractivity contribution is 0.0749. The molecule has 0 saturated heterocycles. The number of carbonyl (C=O) groups is 2. The molecule has 0 aromatic carbocycles. The topological polar surface area (TPSA) is 108 Å². The number of hydrogen-bond acceptors (Lipinski definition) is 4. The molecule has 32 heavy (non-hydrogen) atoms. The van der Waals surface area contributed by atoms with Crippen LogP contribution in [0.5, 0.6) is 0 Å². The minimum absolute atomic E-state index is 0.0332. The third-order valence-corrected chi connectivity index (χ3v) is 5.77.